The van der Waals surface area contributed by atoms with E-state index in [2.05, 4.69) is 20.4 Å². The highest BCUT2D eigenvalue weighted by atomic mass is 35.5. The van der Waals surface area contributed by atoms with E-state index in [1.165, 1.54) is 4.52 Å². The molecule has 10 nitrogen and oxygen atoms in total. The number of fused-ring (bicyclic) bond motifs is 1. The van der Waals surface area contributed by atoms with Crippen LogP contribution < -0.4 is 21.5 Å². The van der Waals surface area contributed by atoms with Crippen LogP contribution in [0.2, 0.25) is 5.02 Å². The van der Waals surface area contributed by atoms with Crippen LogP contribution in [0.15, 0.2) is 24.5 Å². The number of aromatic nitrogens is 4. The molecule has 0 radical (unpaired) electrons. The van der Waals surface area contributed by atoms with Crippen molar-refractivity contribution < 1.29 is 14.3 Å². The second-order valence-corrected chi connectivity index (χ2v) is 6.32. The number of carbonyl (C=O) groups excluding carboxylic acids is 1. The minimum atomic E-state index is -0.674. The number of nitrogens with two attached hydrogens (primary N) is 2. The molecule has 3 aromatic heterocycles. The Morgan fingerprint density at radius 1 is 1.48 bits per heavy atom. The molecule has 0 bridgehead atoms. The van der Waals surface area contributed by atoms with E-state index < -0.39 is 5.91 Å². The molecule has 1 amide bonds. The van der Waals surface area contributed by atoms with Gasteiger partial charge in [0.25, 0.3) is 5.91 Å². The van der Waals surface area contributed by atoms with Gasteiger partial charge in [0.1, 0.15) is 23.2 Å². The smallest absolute Gasteiger partial charge is 0.256 e. The lowest BCUT2D eigenvalue weighted by Gasteiger charge is -2.16. The Balaban J connectivity index is 1.75. The second-order valence-electron chi connectivity index (χ2n) is 5.91. The predicted octanol–water partition coefficient (Wildman–Crippen LogP) is 1.37. The average molecular weight is 390 g/mol. The fourth-order valence-corrected chi connectivity index (χ4v) is 2.91. The summed E-state index contributed by atoms with van der Waals surface area (Å²) in [5.41, 5.74) is 12.2. The normalized spacial score (nSPS) is 16.6. The SMILES string of the molecule is NC(=O)c1c(Nc2cc(Cl)c(N)nc2OC2CCOC2)nn2cccnc12. The molecule has 4 heterocycles. The van der Waals surface area contributed by atoms with Gasteiger partial charge in [-0.2, -0.15) is 4.98 Å². The number of nitrogens with one attached hydrogen (secondary N) is 1. The molecule has 5 N–H and O–H groups in total. The van der Waals surface area contributed by atoms with Gasteiger partial charge in [0, 0.05) is 18.8 Å². The summed E-state index contributed by atoms with van der Waals surface area (Å²) in [6, 6.07) is 3.24. The maximum atomic E-state index is 12.0. The highest BCUT2D eigenvalue weighted by Crippen LogP contribution is 2.34. The van der Waals surface area contributed by atoms with E-state index in [1.54, 1.807) is 24.5 Å². The van der Waals surface area contributed by atoms with Crippen molar-refractivity contribution >= 4 is 40.5 Å². The van der Waals surface area contributed by atoms with Crippen molar-refractivity contribution in [2.24, 2.45) is 5.73 Å². The van der Waals surface area contributed by atoms with Crippen molar-refractivity contribution in [1.29, 1.82) is 0 Å². The largest absolute Gasteiger partial charge is 0.470 e. The molecule has 0 saturated carbocycles. The molecular weight excluding hydrogens is 374 g/mol. The van der Waals surface area contributed by atoms with Crippen LogP contribution in [-0.4, -0.2) is 44.8 Å². The van der Waals surface area contributed by atoms with Crippen molar-refractivity contribution in [3.63, 3.8) is 0 Å². The van der Waals surface area contributed by atoms with Crippen LogP contribution >= 0.6 is 11.6 Å². The fraction of sp³-hybridized carbons (Fsp3) is 0.250. The molecule has 1 unspecified atom stereocenters. The van der Waals surface area contributed by atoms with Gasteiger partial charge in [-0.05, 0) is 12.1 Å². The summed E-state index contributed by atoms with van der Waals surface area (Å²) in [4.78, 5) is 20.3. The highest BCUT2D eigenvalue weighted by Gasteiger charge is 2.23. The van der Waals surface area contributed by atoms with Gasteiger partial charge in [0.15, 0.2) is 11.5 Å². The molecule has 3 aromatic rings. The molecule has 0 spiro atoms. The second kappa shape index (κ2) is 6.89. The summed E-state index contributed by atoms with van der Waals surface area (Å²) < 4.78 is 12.6. The molecule has 1 aliphatic rings. The van der Waals surface area contributed by atoms with Gasteiger partial charge in [0.2, 0.25) is 5.88 Å². The average Bonchev–Trinajstić information content (AvgIpc) is 3.26. The number of primary amides is 1. The topological polar surface area (TPSA) is 143 Å². The van der Waals surface area contributed by atoms with Crippen LogP contribution in [0.4, 0.5) is 17.3 Å². The Labute approximate surface area is 158 Å². The number of hydrogen-bond acceptors (Lipinski definition) is 8. The number of nitrogen functional groups attached to an aromatic ring is 1. The maximum absolute atomic E-state index is 12.0. The van der Waals surface area contributed by atoms with Crippen LogP contribution in [0.5, 0.6) is 5.88 Å². The summed E-state index contributed by atoms with van der Waals surface area (Å²) in [7, 11) is 0. The molecular formula is C16H16ClN7O3. The Bertz CT molecular complexity index is 1020. The van der Waals surface area contributed by atoms with Crippen molar-refractivity contribution in [3.05, 3.63) is 35.1 Å². The van der Waals surface area contributed by atoms with Crippen LogP contribution in [-0.2, 0) is 4.74 Å². The van der Waals surface area contributed by atoms with Gasteiger partial charge in [0.05, 0.1) is 18.2 Å². The Hall–Kier alpha value is -3.11. The maximum Gasteiger partial charge on any atom is 0.256 e. The van der Waals surface area contributed by atoms with E-state index in [9.17, 15) is 4.79 Å². The standard InChI is InChI=1S/C16H16ClN7O3/c17-9-6-10(16(22-12(9)18)27-8-2-5-26-7-8)21-14-11(13(19)25)15-20-3-1-4-24(15)23-14/h1,3-4,6,8H,2,5,7H2,(H2,18,22)(H2,19,25)(H,21,23). The van der Waals surface area contributed by atoms with E-state index in [1.807, 2.05) is 0 Å². The third kappa shape index (κ3) is 3.32. The van der Waals surface area contributed by atoms with E-state index in [-0.39, 0.29) is 34.2 Å². The zero-order valence-corrected chi connectivity index (χ0v) is 14.8. The lowest BCUT2D eigenvalue weighted by molar-refractivity contribution is 0.100. The molecule has 0 aliphatic carbocycles. The first-order chi connectivity index (χ1) is 13.0. The Kier molecular flexibility index (Phi) is 4.42. The van der Waals surface area contributed by atoms with Gasteiger partial charge >= 0.3 is 0 Å². The van der Waals surface area contributed by atoms with Gasteiger partial charge in [-0.1, -0.05) is 11.6 Å². The molecule has 1 fully saturated rings. The van der Waals surface area contributed by atoms with Gasteiger partial charge in [-0.15, -0.1) is 5.10 Å². The first kappa shape index (κ1) is 17.3. The zero-order valence-electron chi connectivity index (χ0n) is 14.1. The number of rotatable bonds is 5. The van der Waals surface area contributed by atoms with Crippen LogP contribution in [0.1, 0.15) is 16.8 Å². The first-order valence-electron chi connectivity index (χ1n) is 8.13. The number of pyridine rings is 1. The van der Waals surface area contributed by atoms with Gasteiger partial charge in [-0.3, -0.25) is 4.79 Å². The summed E-state index contributed by atoms with van der Waals surface area (Å²) in [6.07, 6.45) is 3.77. The molecule has 27 heavy (non-hydrogen) atoms. The van der Waals surface area contributed by atoms with Crippen molar-refractivity contribution in [2.75, 3.05) is 24.3 Å². The number of halogens is 1. The first-order valence-corrected chi connectivity index (χ1v) is 8.51. The Morgan fingerprint density at radius 2 is 2.33 bits per heavy atom. The quantitative estimate of drug-likeness (QED) is 0.593. The van der Waals surface area contributed by atoms with E-state index in [0.29, 0.717) is 24.5 Å². The monoisotopic (exact) mass is 389 g/mol. The number of amides is 1. The third-order valence-corrected chi connectivity index (χ3v) is 4.33. The summed E-state index contributed by atoms with van der Waals surface area (Å²) in [5.74, 6) is -0.112. The molecule has 4 rings (SSSR count). The lowest BCUT2D eigenvalue weighted by Crippen LogP contribution is -2.18. The minimum Gasteiger partial charge on any atom is -0.470 e. The summed E-state index contributed by atoms with van der Waals surface area (Å²) in [5, 5.41) is 7.56. The zero-order chi connectivity index (χ0) is 19.0. The number of nitrogens with zero attached hydrogens (tertiary/aromatic N) is 4. The van der Waals surface area contributed by atoms with Crippen LogP contribution in [0, 0.1) is 0 Å². The molecule has 11 heteroatoms. The lowest BCUT2D eigenvalue weighted by atomic mass is 10.2. The number of anilines is 3. The van der Waals surface area contributed by atoms with Crippen molar-refractivity contribution in [3.8, 4) is 5.88 Å². The molecule has 1 atom stereocenters. The number of carbonyl (C=O) groups is 1. The third-order valence-electron chi connectivity index (χ3n) is 4.03. The molecule has 1 aliphatic heterocycles. The molecule has 140 valence electrons. The predicted molar refractivity (Wildman–Crippen MR) is 98.3 cm³/mol. The van der Waals surface area contributed by atoms with Crippen LogP contribution in [0.3, 0.4) is 0 Å². The number of hydrogen-bond donors (Lipinski definition) is 3. The van der Waals surface area contributed by atoms with Crippen molar-refractivity contribution in [2.45, 2.75) is 12.5 Å². The van der Waals surface area contributed by atoms with Gasteiger partial charge < -0.3 is 26.3 Å². The summed E-state index contributed by atoms with van der Waals surface area (Å²) in [6.45, 7) is 1.06. The van der Waals surface area contributed by atoms with E-state index in [0.717, 1.165) is 6.42 Å². The van der Waals surface area contributed by atoms with E-state index >= 15 is 0 Å². The van der Waals surface area contributed by atoms with E-state index in [4.69, 9.17) is 32.5 Å². The fourth-order valence-electron chi connectivity index (χ4n) is 2.76. The van der Waals surface area contributed by atoms with Crippen molar-refractivity contribution in [1.82, 2.24) is 19.6 Å². The Morgan fingerprint density at radius 3 is 3.07 bits per heavy atom. The molecule has 1 saturated heterocycles. The highest BCUT2D eigenvalue weighted by molar-refractivity contribution is 6.33. The molecule has 0 aromatic carbocycles. The number of ether oxygens (including phenoxy) is 2. The summed E-state index contributed by atoms with van der Waals surface area (Å²) >= 11 is 6.11. The van der Waals surface area contributed by atoms with Gasteiger partial charge in [-0.25, -0.2) is 9.50 Å². The van der Waals surface area contributed by atoms with Crippen LogP contribution in [0.25, 0.3) is 5.65 Å². The minimum absolute atomic E-state index is 0.128.